The van der Waals surface area contributed by atoms with E-state index in [4.69, 9.17) is 22.9 Å². The zero-order valence-electron chi connectivity index (χ0n) is 13.0. The third-order valence-electron chi connectivity index (χ3n) is 3.85. The zero-order valence-corrected chi connectivity index (χ0v) is 13.8. The molecule has 0 bridgehead atoms. The molecule has 0 fully saturated rings. The van der Waals surface area contributed by atoms with Crippen molar-refractivity contribution < 1.29 is 16.9 Å². The average molecular weight is 310 g/mol. The highest BCUT2D eigenvalue weighted by Gasteiger charge is 2.25. The number of unbranched alkanes of at least 4 members (excludes halogenated alkanes) is 2. The molecule has 124 valence electrons. The number of quaternary nitrogens is 1. The normalized spacial score (nSPS) is 11.4. The highest BCUT2D eigenvalue weighted by Crippen LogP contribution is 2.14. The number of halogens is 1. The third kappa shape index (κ3) is 10.8. The second-order valence-electron chi connectivity index (χ2n) is 5.51. The summed E-state index contributed by atoms with van der Waals surface area (Å²) in [5.41, 5.74) is 22.6. The van der Waals surface area contributed by atoms with Gasteiger partial charge in [-0.15, -0.1) is 0 Å². The van der Waals surface area contributed by atoms with E-state index in [-0.39, 0.29) is 12.4 Å². The monoisotopic (exact) mass is 309 g/mol. The molecule has 8 N–H and O–H groups in total. The molecule has 0 amide bonds. The molecule has 0 unspecified atom stereocenters. The molecule has 5 nitrogen and oxygen atoms in total. The first-order valence-electron chi connectivity index (χ1n) is 7.90. The van der Waals surface area contributed by atoms with Gasteiger partial charge in [0.2, 0.25) is 0 Å². The minimum Gasteiger partial charge on any atom is -1.00 e. The zero-order chi connectivity index (χ0) is 14.4. The molecule has 20 heavy (non-hydrogen) atoms. The number of hydrogen-bond donors (Lipinski definition) is 4. The van der Waals surface area contributed by atoms with E-state index in [9.17, 15) is 0 Å². The smallest absolute Gasteiger partial charge is 0.0798 e. The number of nitrogens with zero attached hydrogens (tertiary/aromatic N) is 1. The van der Waals surface area contributed by atoms with Gasteiger partial charge in [0, 0.05) is 12.8 Å². The fourth-order valence-corrected chi connectivity index (χ4v) is 2.71. The van der Waals surface area contributed by atoms with Crippen LogP contribution in [0.15, 0.2) is 0 Å². The first kappa shape index (κ1) is 22.4. The van der Waals surface area contributed by atoms with E-state index in [0.717, 1.165) is 56.3 Å². The van der Waals surface area contributed by atoms with Crippen molar-refractivity contribution in [1.29, 1.82) is 0 Å². The summed E-state index contributed by atoms with van der Waals surface area (Å²) < 4.78 is 1.16. The summed E-state index contributed by atoms with van der Waals surface area (Å²) in [4.78, 5) is 0. The van der Waals surface area contributed by atoms with Crippen LogP contribution in [0.5, 0.6) is 0 Å². The Hall–Kier alpha value is 0.0900. The fraction of sp³-hybridized carbons (Fsp3) is 1.00. The molecule has 6 heteroatoms. The molecule has 0 aromatic rings. The first-order valence-corrected chi connectivity index (χ1v) is 7.90. The van der Waals surface area contributed by atoms with Crippen molar-refractivity contribution in [2.24, 2.45) is 22.9 Å². The molecule has 0 saturated heterocycles. The Kier molecular flexibility index (Phi) is 17.3. The molecule has 0 spiro atoms. The van der Waals surface area contributed by atoms with Crippen LogP contribution in [0, 0.1) is 0 Å². The van der Waals surface area contributed by atoms with Crippen molar-refractivity contribution in [3.63, 3.8) is 0 Å². The molecule has 0 aromatic heterocycles. The van der Waals surface area contributed by atoms with Crippen molar-refractivity contribution in [3.05, 3.63) is 0 Å². The molecule has 0 aliphatic rings. The van der Waals surface area contributed by atoms with Crippen LogP contribution in [-0.4, -0.2) is 56.8 Å². The Morgan fingerprint density at radius 2 is 0.750 bits per heavy atom. The molecule has 0 saturated carbocycles. The van der Waals surface area contributed by atoms with Gasteiger partial charge >= 0.3 is 0 Å². The lowest BCUT2D eigenvalue weighted by Gasteiger charge is -2.39. The third-order valence-corrected chi connectivity index (χ3v) is 3.85. The van der Waals surface area contributed by atoms with Gasteiger partial charge in [-0.25, -0.2) is 0 Å². The molecular weight excluding hydrogens is 274 g/mol. The van der Waals surface area contributed by atoms with E-state index in [1.807, 2.05) is 0 Å². The Labute approximate surface area is 131 Å². The predicted molar refractivity (Wildman–Crippen MR) is 83.6 cm³/mol. The molecule has 0 rings (SSSR count). The summed E-state index contributed by atoms with van der Waals surface area (Å²) in [6.07, 6.45) is 6.82. The highest BCUT2D eigenvalue weighted by molar-refractivity contribution is 4.52. The van der Waals surface area contributed by atoms with Gasteiger partial charge in [0.25, 0.3) is 0 Å². The summed E-state index contributed by atoms with van der Waals surface area (Å²) in [6, 6.07) is 0. The van der Waals surface area contributed by atoms with Gasteiger partial charge in [0.15, 0.2) is 0 Å². The minimum absolute atomic E-state index is 0. The topological polar surface area (TPSA) is 104 Å². The maximum atomic E-state index is 5.70. The second kappa shape index (κ2) is 15.5. The van der Waals surface area contributed by atoms with Gasteiger partial charge in [-0.3, -0.25) is 0 Å². The standard InChI is InChI=1S/C14H36N5.ClH/c15-7-1-3-11-19(13-5-9-17,14-6-10-18)12-4-2-8-16;/h1-18H2;1H/q+1;/p-1. The molecule has 0 radical (unpaired) electrons. The molecule has 0 aromatic carbocycles. The summed E-state index contributed by atoms with van der Waals surface area (Å²) >= 11 is 0. The lowest BCUT2D eigenvalue weighted by molar-refractivity contribution is -0.928. The van der Waals surface area contributed by atoms with Crippen LogP contribution < -0.4 is 35.3 Å². The molecule has 0 aliphatic carbocycles. The van der Waals surface area contributed by atoms with Crippen molar-refractivity contribution in [1.82, 2.24) is 0 Å². The molecular formula is C14H36ClN5. The van der Waals surface area contributed by atoms with Crippen LogP contribution in [-0.2, 0) is 0 Å². The van der Waals surface area contributed by atoms with Crippen molar-refractivity contribution in [2.45, 2.75) is 38.5 Å². The average Bonchev–Trinajstić information content (AvgIpc) is 2.43. The minimum atomic E-state index is 0. The maximum absolute atomic E-state index is 5.70. The Bertz CT molecular complexity index is 172. The SMILES string of the molecule is NCCCC[N+](CCCN)(CCCN)CCCCN.[Cl-]. The Balaban J connectivity index is 0. The van der Waals surface area contributed by atoms with Gasteiger partial charge in [-0.1, -0.05) is 0 Å². The molecule has 0 aliphatic heterocycles. The lowest BCUT2D eigenvalue weighted by atomic mass is 10.1. The largest absolute Gasteiger partial charge is 1.00 e. The van der Waals surface area contributed by atoms with E-state index >= 15 is 0 Å². The van der Waals surface area contributed by atoms with Gasteiger partial charge < -0.3 is 39.8 Å². The van der Waals surface area contributed by atoms with Crippen LogP contribution in [0.25, 0.3) is 0 Å². The molecule has 0 atom stereocenters. The van der Waals surface area contributed by atoms with Gasteiger partial charge in [-0.05, 0) is 51.9 Å². The summed E-state index contributed by atoms with van der Waals surface area (Å²) in [6.45, 7) is 7.89. The van der Waals surface area contributed by atoms with Gasteiger partial charge in [-0.2, -0.15) is 0 Å². The van der Waals surface area contributed by atoms with Crippen LogP contribution in [0.4, 0.5) is 0 Å². The predicted octanol–water partition coefficient (Wildman–Crippen LogP) is -3.02. The van der Waals surface area contributed by atoms with Crippen molar-refractivity contribution in [2.75, 3.05) is 52.4 Å². The van der Waals surface area contributed by atoms with Gasteiger partial charge in [0.05, 0.1) is 26.2 Å². The highest BCUT2D eigenvalue weighted by atomic mass is 35.5. The van der Waals surface area contributed by atoms with Crippen molar-refractivity contribution >= 4 is 0 Å². The van der Waals surface area contributed by atoms with E-state index < -0.39 is 0 Å². The van der Waals surface area contributed by atoms with E-state index in [1.165, 1.54) is 39.0 Å². The second-order valence-corrected chi connectivity index (χ2v) is 5.51. The summed E-state index contributed by atoms with van der Waals surface area (Å²) in [5, 5.41) is 0. The van der Waals surface area contributed by atoms with E-state index in [2.05, 4.69) is 0 Å². The lowest BCUT2D eigenvalue weighted by Crippen LogP contribution is -3.00. The van der Waals surface area contributed by atoms with Crippen LogP contribution in [0.3, 0.4) is 0 Å². The Morgan fingerprint density at radius 3 is 1.05 bits per heavy atom. The number of hydrogen-bond acceptors (Lipinski definition) is 4. The van der Waals surface area contributed by atoms with E-state index in [0.29, 0.717) is 0 Å². The number of nitrogens with two attached hydrogens (primary N) is 4. The molecule has 0 heterocycles. The maximum Gasteiger partial charge on any atom is 0.0798 e. The summed E-state index contributed by atoms with van der Waals surface area (Å²) in [7, 11) is 0. The van der Waals surface area contributed by atoms with Crippen LogP contribution in [0.2, 0.25) is 0 Å². The number of rotatable bonds is 14. The van der Waals surface area contributed by atoms with Gasteiger partial charge in [0.1, 0.15) is 0 Å². The van der Waals surface area contributed by atoms with Crippen LogP contribution >= 0.6 is 0 Å². The first-order chi connectivity index (χ1) is 9.24. The quantitative estimate of drug-likeness (QED) is 0.202. The fourth-order valence-electron chi connectivity index (χ4n) is 2.71. The van der Waals surface area contributed by atoms with Crippen molar-refractivity contribution in [3.8, 4) is 0 Å². The van der Waals surface area contributed by atoms with Crippen LogP contribution in [0.1, 0.15) is 38.5 Å². The Morgan fingerprint density at radius 1 is 0.450 bits per heavy atom. The van der Waals surface area contributed by atoms with E-state index in [1.54, 1.807) is 0 Å². The summed E-state index contributed by atoms with van der Waals surface area (Å²) in [5.74, 6) is 0.